The van der Waals surface area contributed by atoms with E-state index in [9.17, 15) is 4.79 Å². The zero-order valence-electron chi connectivity index (χ0n) is 19.3. The Bertz CT molecular complexity index is 1090. The molecule has 2 saturated heterocycles. The maximum Gasteiger partial charge on any atom is 0.263 e. The monoisotopic (exact) mass is 444 g/mol. The molecule has 0 aliphatic carbocycles. The first-order valence-electron chi connectivity index (χ1n) is 12.2. The quantitative estimate of drug-likeness (QED) is 0.578. The van der Waals surface area contributed by atoms with Gasteiger partial charge in [0.15, 0.2) is 6.10 Å². The molecule has 0 saturated carbocycles. The van der Waals surface area contributed by atoms with Crippen LogP contribution < -0.4 is 4.74 Å². The third-order valence-corrected chi connectivity index (χ3v) is 6.94. The minimum absolute atomic E-state index is 0.0802. The van der Waals surface area contributed by atoms with Crippen LogP contribution in [-0.2, 0) is 4.79 Å². The lowest BCUT2D eigenvalue weighted by atomic mass is 9.99. The summed E-state index contributed by atoms with van der Waals surface area (Å²) in [5.74, 6) is 0.771. The molecule has 2 aliphatic heterocycles. The summed E-state index contributed by atoms with van der Waals surface area (Å²) in [5.41, 5.74) is 3.55. The van der Waals surface area contributed by atoms with Crippen molar-refractivity contribution in [3.63, 3.8) is 0 Å². The van der Waals surface area contributed by atoms with Crippen LogP contribution in [-0.4, -0.2) is 64.0 Å². The van der Waals surface area contributed by atoms with E-state index in [1.165, 1.54) is 32.4 Å². The second-order valence-electron chi connectivity index (χ2n) is 9.18. The number of carbonyl (C=O) groups is 1. The lowest BCUT2D eigenvalue weighted by Gasteiger charge is -2.40. The van der Waals surface area contributed by atoms with Gasteiger partial charge in [-0.2, -0.15) is 0 Å². The summed E-state index contributed by atoms with van der Waals surface area (Å²) < 4.78 is 6.00. The van der Waals surface area contributed by atoms with E-state index in [1.54, 1.807) is 6.20 Å². The Morgan fingerprint density at radius 2 is 1.64 bits per heavy atom. The Balaban J connectivity index is 1.16. The highest BCUT2D eigenvalue weighted by atomic mass is 16.5. The molecule has 2 aromatic carbocycles. The molecule has 0 bridgehead atoms. The lowest BCUT2D eigenvalue weighted by molar-refractivity contribution is -0.139. The molecule has 33 heavy (non-hydrogen) atoms. The third-order valence-electron chi connectivity index (χ3n) is 6.94. The first-order chi connectivity index (χ1) is 16.2. The second-order valence-corrected chi connectivity index (χ2v) is 9.18. The predicted molar refractivity (Wildman–Crippen MR) is 130 cm³/mol. The summed E-state index contributed by atoms with van der Waals surface area (Å²) in [7, 11) is 0. The smallest absolute Gasteiger partial charge is 0.263 e. The number of hydrogen-bond donors (Lipinski definition) is 0. The Morgan fingerprint density at radius 1 is 0.939 bits per heavy atom. The predicted octanol–water partition coefficient (Wildman–Crippen LogP) is 4.54. The molecule has 0 radical (unpaired) electrons. The van der Waals surface area contributed by atoms with Crippen molar-refractivity contribution in [3.05, 3.63) is 54.7 Å². The largest absolute Gasteiger partial charge is 0.481 e. The molecule has 1 amide bonds. The van der Waals surface area contributed by atoms with E-state index in [0.29, 0.717) is 11.8 Å². The maximum atomic E-state index is 13.0. The van der Waals surface area contributed by atoms with E-state index in [0.717, 1.165) is 48.2 Å². The molecular formula is C27H32N4O2. The van der Waals surface area contributed by atoms with Crippen LogP contribution in [0.1, 0.15) is 39.0 Å². The van der Waals surface area contributed by atoms with Gasteiger partial charge in [0.2, 0.25) is 0 Å². The van der Waals surface area contributed by atoms with Gasteiger partial charge in [0, 0.05) is 24.7 Å². The molecule has 3 aromatic rings. The van der Waals surface area contributed by atoms with Crippen LogP contribution >= 0.6 is 0 Å². The summed E-state index contributed by atoms with van der Waals surface area (Å²) in [5, 5.41) is 0. The van der Waals surface area contributed by atoms with Crippen molar-refractivity contribution >= 4 is 16.9 Å². The molecular weight excluding hydrogens is 412 g/mol. The van der Waals surface area contributed by atoms with Crippen LogP contribution in [0.4, 0.5) is 0 Å². The molecule has 6 heteroatoms. The second kappa shape index (κ2) is 9.87. The van der Waals surface area contributed by atoms with Crippen molar-refractivity contribution in [2.75, 3.05) is 26.2 Å². The van der Waals surface area contributed by atoms with E-state index in [4.69, 9.17) is 9.72 Å². The van der Waals surface area contributed by atoms with Crippen molar-refractivity contribution in [3.8, 4) is 17.0 Å². The van der Waals surface area contributed by atoms with Crippen LogP contribution in [0.3, 0.4) is 0 Å². The van der Waals surface area contributed by atoms with Gasteiger partial charge in [-0.3, -0.25) is 9.78 Å². The molecule has 5 rings (SSSR count). The van der Waals surface area contributed by atoms with E-state index in [2.05, 4.69) is 9.88 Å². The molecule has 172 valence electrons. The first kappa shape index (κ1) is 21.8. The van der Waals surface area contributed by atoms with Crippen molar-refractivity contribution < 1.29 is 9.53 Å². The van der Waals surface area contributed by atoms with Gasteiger partial charge >= 0.3 is 0 Å². The number of ether oxygens (including phenoxy) is 1. The Labute approximate surface area is 195 Å². The summed E-state index contributed by atoms with van der Waals surface area (Å²) in [6, 6.07) is 16.2. The maximum absolute atomic E-state index is 13.0. The van der Waals surface area contributed by atoms with Crippen LogP contribution in [0.25, 0.3) is 22.3 Å². The number of nitrogens with zero attached hydrogens (tertiary/aromatic N) is 4. The van der Waals surface area contributed by atoms with Gasteiger partial charge in [-0.05, 0) is 82.1 Å². The molecule has 0 N–H and O–H groups in total. The van der Waals surface area contributed by atoms with Gasteiger partial charge in [-0.1, -0.05) is 18.6 Å². The Kier molecular flexibility index (Phi) is 6.53. The SMILES string of the molecule is C[C@H](Oc1ccc(-c2cnc3ccccc3n2)cc1)C(=O)N1CCC(N2CCCCC2)CC1. The fourth-order valence-electron chi connectivity index (χ4n) is 5.05. The first-order valence-corrected chi connectivity index (χ1v) is 12.2. The van der Waals surface area contributed by atoms with E-state index >= 15 is 0 Å². The molecule has 0 spiro atoms. The van der Waals surface area contributed by atoms with Crippen molar-refractivity contribution in [1.82, 2.24) is 19.8 Å². The minimum Gasteiger partial charge on any atom is -0.481 e. The van der Waals surface area contributed by atoms with Gasteiger partial charge in [-0.15, -0.1) is 0 Å². The molecule has 2 aliphatic rings. The van der Waals surface area contributed by atoms with Crippen molar-refractivity contribution in [2.24, 2.45) is 0 Å². The lowest BCUT2D eigenvalue weighted by Crippen LogP contribution is -2.50. The zero-order chi connectivity index (χ0) is 22.6. The number of amides is 1. The van der Waals surface area contributed by atoms with Crippen LogP contribution in [0, 0.1) is 0 Å². The van der Waals surface area contributed by atoms with Crippen LogP contribution in [0.15, 0.2) is 54.7 Å². The fourth-order valence-corrected chi connectivity index (χ4v) is 5.05. The fraction of sp³-hybridized carbons (Fsp3) is 0.444. The number of rotatable bonds is 5. The Hall–Kier alpha value is -2.99. The molecule has 1 aromatic heterocycles. The summed E-state index contributed by atoms with van der Waals surface area (Å²) in [6.45, 7) is 5.94. The van der Waals surface area contributed by atoms with Gasteiger partial charge < -0.3 is 14.5 Å². The van der Waals surface area contributed by atoms with Crippen molar-refractivity contribution in [1.29, 1.82) is 0 Å². The Morgan fingerprint density at radius 3 is 2.36 bits per heavy atom. The van der Waals surface area contributed by atoms with E-state index < -0.39 is 6.10 Å². The molecule has 1 atom stereocenters. The summed E-state index contributed by atoms with van der Waals surface area (Å²) in [6.07, 6.45) is 7.42. The van der Waals surface area contributed by atoms with Crippen molar-refractivity contribution in [2.45, 2.75) is 51.2 Å². The minimum atomic E-state index is -0.497. The normalized spacial score (nSPS) is 18.9. The number of hydrogen-bond acceptors (Lipinski definition) is 5. The number of likely N-dealkylation sites (tertiary alicyclic amines) is 2. The molecule has 6 nitrogen and oxygen atoms in total. The van der Waals surface area contributed by atoms with E-state index in [1.807, 2.05) is 60.4 Å². The number of piperidine rings is 2. The number of benzene rings is 2. The van der Waals surface area contributed by atoms with Gasteiger partial charge in [0.25, 0.3) is 5.91 Å². The number of aromatic nitrogens is 2. The zero-order valence-corrected chi connectivity index (χ0v) is 19.3. The number of carbonyl (C=O) groups excluding carboxylic acids is 1. The highest BCUT2D eigenvalue weighted by Crippen LogP contribution is 2.24. The number of fused-ring (bicyclic) bond motifs is 1. The highest BCUT2D eigenvalue weighted by molar-refractivity contribution is 5.81. The number of para-hydroxylation sites is 2. The average Bonchev–Trinajstić information content (AvgIpc) is 2.89. The molecule has 3 heterocycles. The standard InChI is InChI=1S/C27H32N4O2/c1-20(27(32)31-17-13-22(14-18-31)30-15-5-2-6-16-30)33-23-11-9-21(10-12-23)26-19-28-24-7-3-4-8-25(24)29-26/h3-4,7-12,19-20,22H,2,5-6,13-18H2,1H3/t20-/m0/s1. The van der Waals surface area contributed by atoms with Crippen LogP contribution in [0.5, 0.6) is 5.75 Å². The summed E-state index contributed by atoms with van der Waals surface area (Å²) in [4.78, 5) is 26.8. The summed E-state index contributed by atoms with van der Waals surface area (Å²) >= 11 is 0. The van der Waals surface area contributed by atoms with Crippen LogP contribution in [0.2, 0.25) is 0 Å². The highest BCUT2D eigenvalue weighted by Gasteiger charge is 2.30. The molecule has 0 unspecified atom stereocenters. The molecule has 2 fully saturated rings. The van der Waals surface area contributed by atoms with Gasteiger partial charge in [-0.25, -0.2) is 4.98 Å². The van der Waals surface area contributed by atoms with Gasteiger partial charge in [0.1, 0.15) is 5.75 Å². The van der Waals surface area contributed by atoms with Gasteiger partial charge in [0.05, 0.1) is 22.9 Å². The van der Waals surface area contributed by atoms with E-state index in [-0.39, 0.29) is 5.91 Å². The topological polar surface area (TPSA) is 58.6 Å². The third kappa shape index (κ3) is 5.01. The average molecular weight is 445 g/mol.